The Labute approximate surface area is 167 Å². The molecule has 0 spiro atoms. The highest BCUT2D eigenvalue weighted by Crippen LogP contribution is 2.60. The van der Waals surface area contributed by atoms with E-state index in [0.717, 1.165) is 23.4 Å². The number of nitrogens with one attached hydrogen (secondary N) is 2. The lowest BCUT2D eigenvalue weighted by molar-refractivity contribution is -0.384. The van der Waals surface area contributed by atoms with Crippen molar-refractivity contribution < 1.29 is 9.72 Å². The first-order valence-corrected chi connectivity index (χ1v) is 10.1. The maximum atomic E-state index is 12.4. The lowest BCUT2D eigenvalue weighted by Crippen LogP contribution is -2.48. The number of amides is 1. The van der Waals surface area contributed by atoms with E-state index < -0.39 is 4.92 Å². The summed E-state index contributed by atoms with van der Waals surface area (Å²) in [6.07, 6.45) is 9.20. The molecule has 0 atom stereocenters. The molecule has 0 aliphatic heterocycles. The van der Waals surface area contributed by atoms with Crippen molar-refractivity contribution in [1.29, 1.82) is 0 Å². The number of aromatic nitrogens is 2. The summed E-state index contributed by atoms with van der Waals surface area (Å²) in [6.45, 7) is 0. The molecule has 1 aromatic heterocycles. The molecule has 1 amide bonds. The smallest absolute Gasteiger partial charge is 0.281 e. The number of rotatable bonds is 5. The molecule has 29 heavy (non-hydrogen) atoms. The predicted molar refractivity (Wildman–Crippen MR) is 107 cm³/mol. The Morgan fingerprint density at radius 1 is 1.17 bits per heavy atom. The van der Waals surface area contributed by atoms with Gasteiger partial charge in [0.15, 0.2) is 5.69 Å². The zero-order valence-electron chi connectivity index (χ0n) is 16.0. The van der Waals surface area contributed by atoms with Crippen molar-refractivity contribution in [3.63, 3.8) is 0 Å². The molecule has 8 heteroatoms. The number of H-pyrrole nitrogens is 1. The number of benzene rings is 1. The Bertz CT molecular complexity index is 943. The van der Waals surface area contributed by atoms with Crippen LogP contribution in [0.2, 0.25) is 0 Å². The van der Waals surface area contributed by atoms with Gasteiger partial charge in [0.2, 0.25) is 0 Å². The summed E-state index contributed by atoms with van der Waals surface area (Å²) in [5.41, 5.74) is 4.77. The molecule has 1 aromatic carbocycles. The Morgan fingerprint density at radius 2 is 1.79 bits per heavy atom. The van der Waals surface area contributed by atoms with Crippen LogP contribution in [0.1, 0.15) is 60.3 Å². The number of nitro groups is 1. The molecule has 0 unspecified atom stereocenters. The largest absolute Gasteiger partial charge is 0.291 e. The van der Waals surface area contributed by atoms with Crippen molar-refractivity contribution in [3.8, 4) is 0 Å². The average molecular weight is 393 g/mol. The van der Waals surface area contributed by atoms with Crippen molar-refractivity contribution >= 4 is 17.8 Å². The topological polar surface area (TPSA) is 113 Å². The number of hydrogen-bond donors (Lipinski definition) is 2. The number of nitro benzene ring substituents is 1. The molecule has 1 heterocycles. The third-order valence-corrected chi connectivity index (χ3v) is 6.90. The molecule has 4 aliphatic carbocycles. The Kier molecular flexibility index (Phi) is 4.22. The molecule has 8 nitrogen and oxygen atoms in total. The van der Waals surface area contributed by atoms with Crippen molar-refractivity contribution in [2.75, 3.05) is 0 Å². The Morgan fingerprint density at radius 3 is 2.38 bits per heavy atom. The number of non-ortho nitro benzene ring substituents is 1. The summed E-state index contributed by atoms with van der Waals surface area (Å²) in [4.78, 5) is 22.6. The second-order valence-corrected chi connectivity index (χ2v) is 8.91. The zero-order chi connectivity index (χ0) is 20.0. The number of hydrogen-bond acceptors (Lipinski definition) is 5. The predicted octanol–water partition coefficient (Wildman–Crippen LogP) is 3.55. The molecule has 0 radical (unpaired) electrons. The fraction of sp³-hybridized carbons (Fsp3) is 0.476. The molecular weight excluding hydrogens is 370 g/mol. The quantitative estimate of drug-likeness (QED) is 0.459. The second-order valence-electron chi connectivity index (χ2n) is 8.91. The van der Waals surface area contributed by atoms with Crippen LogP contribution in [0, 0.1) is 27.9 Å². The summed E-state index contributed by atoms with van der Waals surface area (Å²) in [5.74, 6) is 2.12. The highest BCUT2D eigenvalue weighted by atomic mass is 16.6. The normalized spacial score (nSPS) is 30.0. The van der Waals surface area contributed by atoms with Crippen molar-refractivity contribution in [1.82, 2.24) is 15.6 Å². The van der Waals surface area contributed by atoms with Gasteiger partial charge in [-0.15, -0.1) is 0 Å². The first-order valence-electron chi connectivity index (χ1n) is 10.1. The second kappa shape index (κ2) is 6.79. The van der Waals surface area contributed by atoms with Crippen molar-refractivity contribution in [2.45, 2.75) is 43.9 Å². The van der Waals surface area contributed by atoms with Crippen LogP contribution in [0.3, 0.4) is 0 Å². The van der Waals surface area contributed by atoms with Crippen LogP contribution in [0.15, 0.2) is 35.4 Å². The van der Waals surface area contributed by atoms with Crippen LogP contribution < -0.4 is 5.43 Å². The van der Waals surface area contributed by atoms with E-state index in [1.807, 2.05) is 6.07 Å². The third-order valence-electron chi connectivity index (χ3n) is 6.90. The van der Waals surface area contributed by atoms with Crippen LogP contribution in [0.25, 0.3) is 0 Å². The van der Waals surface area contributed by atoms with E-state index >= 15 is 0 Å². The number of carbonyl (C=O) groups excluding carboxylic acids is 1. The van der Waals surface area contributed by atoms with E-state index in [9.17, 15) is 14.9 Å². The summed E-state index contributed by atoms with van der Waals surface area (Å²) in [7, 11) is 0. The fourth-order valence-electron chi connectivity index (χ4n) is 6.06. The summed E-state index contributed by atoms with van der Waals surface area (Å²) in [6, 6.07) is 7.84. The molecular formula is C21H23N5O3. The SMILES string of the molecule is O=C(NN=Cc1ccc([N+](=O)[O-])cc1)c1cc(C23CC4CC(CC(C4)C2)C3)[nH]n1. The molecule has 4 bridgehead atoms. The summed E-state index contributed by atoms with van der Waals surface area (Å²) in [5, 5.41) is 22.0. The minimum atomic E-state index is -0.457. The van der Waals surface area contributed by atoms with Gasteiger partial charge in [0.25, 0.3) is 11.6 Å². The van der Waals surface area contributed by atoms with Crippen LogP contribution in [-0.4, -0.2) is 27.2 Å². The summed E-state index contributed by atoms with van der Waals surface area (Å²) >= 11 is 0. The van der Waals surface area contributed by atoms with Gasteiger partial charge in [-0.1, -0.05) is 0 Å². The lowest BCUT2D eigenvalue weighted by atomic mass is 9.49. The van der Waals surface area contributed by atoms with E-state index in [2.05, 4.69) is 20.7 Å². The maximum absolute atomic E-state index is 12.4. The number of aromatic amines is 1. The molecule has 150 valence electrons. The van der Waals surface area contributed by atoms with Crippen molar-refractivity contribution in [2.24, 2.45) is 22.9 Å². The minimum absolute atomic E-state index is 0.0138. The molecule has 0 saturated heterocycles. The van der Waals surface area contributed by atoms with E-state index in [-0.39, 0.29) is 17.0 Å². The van der Waals surface area contributed by atoms with Gasteiger partial charge in [-0.25, -0.2) is 5.43 Å². The average Bonchev–Trinajstić information content (AvgIpc) is 3.18. The molecule has 6 rings (SSSR count). The lowest BCUT2D eigenvalue weighted by Gasteiger charge is -2.56. The van der Waals surface area contributed by atoms with Crippen LogP contribution in [-0.2, 0) is 5.41 Å². The molecule has 4 aliphatic rings. The van der Waals surface area contributed by atoms with E-state index in [1.54, 1.807) is 12.1 Å². The number of hydrazone groups is 1. The standard InChI is InChI=1S/C21H23N5O3/c27-20(25-22-12-13-1-3-17(4-2-13)26(28)29)18-8-19(24-23-18)21-9-14-5-15(10-21)7-16(6-14)11-21/h1-4,8,12,14-16H,5-7,9-11H2,(H,23,24)(H,25,27). The molecule has 4 saturated carbocycles. The highest BCUT2D eigenvalue weighted by molar-refractivity contribution is 5.93. The monoisotopic (exact) mass is 393 g/mol. The summed E-state index contributed by atoms with van der Waals surface area (Å²) < 4.78 is 0. The van der Waals surface area contributed by atoms with Gasteiger partial charge in [-0.3, -0.25) is 20.0 Å². The van der Waals surface area contributed by atoms with Crippen LogP contribution in [0.5, 0.6) is 0 Å². The van der Waals surface area contributed by atoms with Crippen molar-refractivity contribution in [3.05, 3.63) is 57.4 Å². The first kappa shape index (κ1) is 18.0. The van der Waals surface area contributed by atoms with Gasteiger partial charge in [0.1, 0.15) is 0 Å². The Hall–Kier alpha value is -3.03. The third kappa shape index (κ3) is 3.32. The van der Waals surface area contributed by atoms with E-state index in [1.165, 1.54) is 56.9 Å². The van der Waals surface area contributed by atoms with Crippen LogP contribution in [0.4, 0.5) is 5.69 Å². The van der Waals surface area contributed by atoms with E-state index in [4.69, 9.17) is 0 Å². The Balaban J connectivity index is 1.25. The molecule has 2 aromatic rings. The van der Waals surface area contributed by atoms with E-state index in [0.29, 0.717) is 11.3 Å². The van der Waals surface area contributed by atoms with Gasteiger partial charge in [0, 0.05) is 23.2 Å². The zero-order valence-corrected chi connectivity index (χ0v) is 16.0. The fourth-order valence-corrected chi connectivity index (χ4v) is 6.06. The van der Waals surface area contributed by atoms with Gasteiger partial charge in [-0.05, 0) is 80.0 Å². The van der Waals surface area contributed by atoms with Gasteiger partial charge < -0.3 is 0 Å². The maximum Gasteiger partial charge on any atom is 0.291 e. The number of carbonyl (C=O) groups is 1. The van der Waals surface area contributed by atoms with Crippen LogP contribution >= 0.6 is 0 Å². The van der Waals surface area contributed by atoms with Gasteiger partial charge in [0.05, 0.1) is 11.1 Å². The van der Waals surface area contributed by atoms with Gasteiger partial charge in [-0.2, -0.15) is 10.2 Å². The van der Waals surface area contributed by atoms with Gasteiger partial charge >= 0.3 is 0 Å². The first-order chi connectivity index (χ1) is 14.0. The molecule has 4 fully saturated rings. The minimum Gasteiger partial charge on any atom is -0.281 e. The molecule has 2 N–H and O–H groups in total. The number of nitrogens with zero attached hydrogens (tertiary/aromatic N) is 3. The highest BCUT2D eigenvalue weighted by Gasteiger charge is 2.52.